The van der Waals surface area contributed by atoms with Gasteiger partial charge in [0, 0.05) is 55.4 Å². The fourth-order valence-electron chi connectivity index (χ4n) is 4.86. The van der Waals surface area contributed by atoms with E-state index in [9.17, 15) is 0 Å². The number of benzene rings is 1. The summed E-state index contributed by atoms with van der Waals surface area (Å²) in [5, 5.41) is 3.41. The summed E-state index contributed by atoms with van der Waals surface area (Å²) in [5.74, 6) is 1.43. The number of H-pyrrole nitrogens is 1. The van der Waals surface area contributed by atoms with Crippen molar-refractivity contribution in [2.75, 3.05) is 39.0 Å². The molecule has 0 bridgehead atoms. The normalized spacial score (nSPS) is 15.5. The third-order valence-electron chi connectivity index (χ3n) is 6.95. The van der Waals surface area contributed by atoms with Gasteiger partial charge in [-0.1, -0.05) is 51.8 Å². The number of nitrogens with one attached hydrogen (secondary N) is 2. The van der Waals surface area contributed by atoms with Crippen LogP contribution in [0.5, 0.6) is 0 Å². The van der Waals surface area contributed by atoms with Crippen molar-refractivity contribution >= 4 is 17.0 Å². The second-order valence-corrected chi connectivity index (χ2v) is 10.7. The average molecular weight is 527 g/mol. The number of nitrogen functional groups attached to an aromatic ring is 1. The highest BCUT2D eigenvalue weighted by Gasteiger charge is 2.21. The Morgan fingerprint density at radius 1 is 1.21 bits per heavy atom. The van der Waals surface area contributed by atoms with Crippen molar-refractivity contribution in [3.8, 4) is 0 Å². The number of piperazine rings is 1. The smallest absolute Gasteiger partial charge is 0.111 e. The van der Waals surface area contributed by atoms with Gasteiger partial charge < -0.3 is 25.8 Å². The number of imidazole rings is 1. The molecule has 0 aliphatic carbocycles. The number of likely N-dealkylation sites (N-methyl/N-ethyl adjacent to an activating group) is 1. The van der Waals surface area contributed by atoms with E-state index in [1.807, 2.05) is 25.1 Å². The third kappa shape index (κ3) is 8.11. The van der Waals surface area contributed by atoms with Crippen LogP contribution in [0.15, 0.2) is 79.7 Å². The molecule has 2 heterocycles. The Kier molecular flexibility index (Phi) is 10.6. The molecule has 0 atom stereocenters. The second kappa shape index (κ2) is 13.9. The summed E-state index contributed by atoms with van der Waals surface area (Å²) in [6.07, 6.45) is 11.5. The quantitative estimate of drug-likeness (QED) is 0.224. The Morgan fingerprint density at radius 3 is 2.54 bits per heavy atom. The molecule has 6 heteroatoms. The first kappa shape index (κ1) is 29.8. The highest BCUT2D eigenvalue weighted by molar-refractivity contribution is 5.76. The molecule has 3 rings (SSSR count). The second-order valence-electron chi connectivity index (χ2n) is 10.7. The van der Waals surface area contributed by atoms with Crippen LogP contribution in [0.1, 0.15) is 55.5 Å². The predicted octanol–water partition coefficient (Wildman–Crippen LogP) is 6.29. The largest absolute Gasteiger partial charge is 0.398 e. The standard InChI is InChI=1S/C33H46N6/c1-9-12-31(39-17-15-38(8)16-18-39)33-25(7)36-32(37-33)22-28-20-27(13-14-30(28)34)26(10-2)21-29(11-3)35-24(6)19-23(4)5/h9-14,20-21,23,35H,1,3,6,15-19,22,34H2,2,4-5,7-8H3,(H,36,37)/b26-10+,29-21+,31-12+. The molecule has 2 aromatic rings. The van der Waals surface area contributed by atoms with Crippen LogP contribution in [0.4, 0.5) is 5.69 Å². The molecule has 1 aromatic heterocycles. The van der Waals surface area contributed by atoms with Gasteiger partial charge in [0.1, 0.15) is 11.5 Å². The van der Waals surface area contributed by atoms with Crippen LogP contribution in [-0.4, -0.2) is 53.0 Å². The lowest BCUT2D eigenvalue weighted by Crippen LogP contribution is -2.43. The van der Waals surface area contributed by atoms with Crippen molar-refractivity contribution in [2.45, 2.75) is 40.5 Å². The molecule has 208 valence electrons. The molecular formula is C33H46N6. The maximum Gasteiger partial charge on any atom is 0.111 e. The first-order valence-electron chi connectivity index (χ1n) is 13.8. The van der Waals surface area contributed by atoms with Crippen LogP contribution >= 0.6 is 0 Å². The SMILES string of the molecule is C=C/C=C(\c1nc(Cc2cc(C(/C=C(\C=C)NC(=C)CC(C)C)=C/C)ccc2N)[nH]c1C)N1CCN(C)CC1. The minimum atomic E-state index is 0.535. The van der Waals surface area contributed by atoms with E-state index in [2.05, 4.69) is 98.0 Å². The number of hydrogen-bond acceptors (Lipinski definition) is 5. The Hall–Kier alpha value is -3.77. The molecule has 0 unspecified atom stereocenters. The fraction of sp³-hybridized carbons (Fsp3) is 0.364. The van der Waals surface area contributed by atoms with Gasteiger partial charge in [-0.05, 0) is 80.3 Å². The van der Waals surface area contributed by atoms with Gasteiger partial charge in [-0.2, -0.15) is 0 Å². The van der Waals surface area contributed by atoms with Crippen LogP contribution in [0.25, 0.3) is 11.3 Å². The molecule has 4 N–H and O–H groups in total. The molecule has 1 aliphatic rings. The third-order valence-corrected chi connectivity index (χ3v) is 6.95. The molecule has 0 spiro atoms. The monoisotopic (exact) mass is 526 g/mol. The highest BCUT2D eigenvalue weighted by Crippen LogP contribution is 2.27. The first-order chi connectivity index (χ1) is 18.6. The van der Waals surface area contributed by atoms with Gasteiger partial charge in [0.2, 0.25) is 0 Å². The van der Waals surface area contributed by atoms with Crippen LogP contribution in [0.3, 0.4) is 0 Å². The Balaban J connectivity index is 1.85. The maximum atomic E-state index is 6.45. The topological polar surface area (TPSA) is 73.2 Å². The molecule has 1 saturated heterocycles. The van der Waals surface area contributed by atoms with Crippen LogP contribution in [-0.2, 0) is 6.42 Å². The number of aromatic nitrogens is 2. The Labute approximate surface area is 235 Å². The Morgan fingerprint density at radius 2 is 1.92 bits per heavy atom. The molecule has 6 nitrogen and oxygen atoms in total. The lowest BCUT2D eigenvalue weighted by atomic mass is 9.99. The van der Waals surface area contributed by atoms with Crippen molar-refractivity contribution in [1.82, 2.24) is 25.1 Å². The van der Waals surface area contributed by atoms with Crippen molar-refractivity contribution in [2.24, 2.45) is 5.92 Å². The first-order valence-corrected chi connectivity index (χ1v) is 13.8. The maximum absolute atomic E-state index is 6.45. The average Bonchev–Trinajstić information content (AvgIpc) is 3.26. The summed E-state index contributed by atoms with van der Waals surface area (Å²) >= 11 is 0. The minimum absolute atomic E-state index is 0.535. The van der Waals surface area contributed by atoms with E-state index in [1.165, 1.54) is 0 Å². The fourth-order valence-corrected chi connectivity index (χ4v) is 4.86. The van der Waals surface area contributed by atoms with E-state index in [4.69, 9.17) is 10.7 Å². The lowest BCUT2D eigenvalue weighted by molar-refractivity contribution is 0.207. The number of aryl methyl sites for hydroxylation is 1. The number of nitrogens with zero attached hydrogens (tertiary/aromatic N) is 3. The summed E-state index contributed by atoms with van der Waals surface area (Å²) in [5.41, 5.74) is 15.4. The summed E-state index contributed by atoms with van der Waals surface area (Å²) in [4.78, 5) is 13.3. The summed E-state index contributed by atoms with van der Waals surface area (Å²) in [6, 6.07) is 6.19. The number of allylic oxidation sites excluding steroid dienone is 7. The van der Waals surface area contributed by atoms with Gasteiger partial charge in [-0.15, -0.1) is 0 Å². The van der Waals surface area contributed by atoms with E-state index in [0.29, 0.717) is 12.3 Å². The molecule has 0 saturated carbocycles. The highest BCUT2D eigenvalue weighted by atomic mass is 15.3. The lowest BCUT2D eigenvalue weighted by Gasteiger charge is -2.35. The molecule has 1 aromatic carbocycles. The summed E-state index contributed by atoms with van der Waals surface area (Å²) in [7, 11) is 2.16. The van der Waals surface area contributed by atoms with Crippen LogP contribution < -0.4 is 11.1 Å². The summed E-state index contributed by atoms with van der Waals surface area (Å²) in [6.45, 7) is 24.6. The van der Waals surface area contributed by atoms with E-state index in [0.717, 1.165) is 89.3 Å². The molecule has 1 aliphatic heterocycles. The van der Waals surface area contributed by atoms with Gasteiger partial charge in [0.05, 0.1) is 5.70 Å². The molecule has 39 heavy (non-hydrogen) atoms. The van der Waals surface area contributed by atoms with E-state index in [1.54, 1.807) is 0 Å². The molecular weight excluding hydrogens is 480 g/mol. The van der Waals surface area contributed by atoms with Gasteiger partial charge >= 0.3 is 0 Å². The number of anilines is 1. The minimum Gasteiger partial charge on any atom is -0.398 e. The molecule has 0 radical (unpaired) electrons. The zero-order valence-corrected chi connectivity index (χ0v) is 24.5. The number of aromatic amines is 1. The van der Waals surface area contributed by atoms with Crippen molar-refractivity contribution in [3.05, 3.63) is 108 Å². The van der Waals surface area contributed by atoms with Crippen LogP contribution in [0.2, 0.25) is 0 Å². The van der Waals surface area contributed by atoms with E-state index < -0.39 is 0 Å². The zero-order valence-electron chi connectivity index (χ0n) is 24.5. The number of nitrogens with two attached hydrogens (primary N) is 1. The van der Waals surface area contributed by atoms with Gasteiger partial charge in [-0.25, -0.2) is 4.98 Å². The van der Waals surface area contributed by atoms with Crippen molar-refractivity contribution in [1.29, 1.82) is 0 Å². The number of hydrogen-bond donors (Lipinski definition) is 3. The molecule has 0 amide bonds. The van der Waals surface area contributed by atoms with E-state index in [-0.39, 0.29) is 0 Å². The predicted molar refractivity (Wildman–Crippen MR) is 168 cm³/mol. The zero-order chi connectivity index (χ0) is 28.5. The van der Waals surface area contributed by atoms with Gasteiger partial charge in [-0.3, -0.25) is 0 Å². The Bertz CT molecular complexity index is 1270. The van der Waals surface area contributed by atoms with Crippen LogP contribution in [0, 0.1) is 12.8 Å². The van der Waals surface area contributed by atoms with Crippen molar-refractivity contribution < 1.29 is 0 Å². The number of rotatable bonds is 12. The summed E-state index contributed by atoms with van der Waals surface area (Å²) < 4.78 is 0. The van der Waals surface area contributed by atoms with Crippen molar-refractivity contribution in [3.63, 3.8) is 0 Å². The molecule has 1 fully saturated rings. The van der Waals surface area contributed by atoms with Gasteiger partial charge in [0.25, 0.3) is 0 Å². The van der Waals surface area contributed by atoms with E-state index >= 15 is 0 Å². The van der Waals surface area contributed by atoms with Gasteiger partial charge in [0.15, 0.2) is 0 Å².